The van der Waals surface area contributed by atoms with Gasteiger partial charge in [-0.05, 0) is 11.1 Å². The molecule has 0 heterocycles. The van der Waals surface area contributed by atoms with Crippen molar-refractivity contribution in [2.24, 2.45) is 0 Å². The van der Waals surface area contributed by atoms with Crippen molar-refractivity contribution in [3.63, 3.8) is 0 Å². The van der Waals surface area contributed by atoms with Crippen LogP contribution in [0, 0.1) is 0 Å². The lowest BCUT2D eigenvalue weighted by Crippen LogP contribution is -2.58. The van der Waals surface area contributed by atoms with Gasteiger partial charge in [-0.3, -0.25) is 0 Å². The molecule has 1 aromatic rings. The number of rotatable bonds is 0. The Bertz CT molecular complexity index is 357. The van der Waals surface area contributed by atoms with E-state index in [-0.39, 0.29) is 0 Å². The van der Waals surface area contributed by atoms with Crippen LogP contribution in [0.15, 0.2) is 24.3 Å². The van der Waals surface area contributed by atoms with E-state index in [1.165, 1.54) is 6.07 Å². The summed E-state index contributed by atoms with van der Waals surface area (Å²) in [4.78, 5) is 0. The van der Waals surface area contributed by atoms with Crippen LogP contribution in [-0.2, 0) is 5.41 Å². The number of halogens is 6. The lowest BCUT2D eigenvalue weighted by Gasteiger charge is -2.44. The number of hydrogen-bond donors (Lipinski definition) is 0. The van der Waals surface area contributed by atoms with Gasteiger partial charge in [-0.25, -0.2) is 0 Å². The molecule has 15 heavy (non-hydrogen) atoms. The molecule has 0 aromatic heterocycles. The lowest BCUT2D eigenvalue weighted by atomic mass is 9.64. The number of hydrogen-bond acceptors (Lipinski definition) is 0. The van der Waals surface area contributed by atoms with E-state index in [1.807, 2.05) is 0 Å². The van der Waals surface area contributed by atoms with Gasteiger partial charge in [-0.1, -0.05) is 24.3 Å². The normalized spacial score (nSPS) is 18.5. The summed E-state index contributed by atoms with van der Waals surface area (Å²) in [7, 11) is 0. The second-order valence-corrected chi connectivity index (χ2v) is 3.33. The van der Waals surface area contributed by atoms with E-state index in [0.717, 1.165) is 18.2 Å². The van der Waals surface area contributed by atoms with E-state index in [0.29, 0.717) is 0 Å². The van der Waals surface area contributed by atoms with E-state index >= 15 is 0 Å². The summed E-state index contributed by atoms with van der Waals surface area (Å²) in [6.45, 7) is 0. The summed E-state index contributed by atoms with van der Waals surface area (Å²) in [5, 5.41) is 0. The highest BCUT2D eigenvalue weighted by atomic mass is 19.4. The molecule has 82 valence electrons. The summed E-state index contributed by atoms with van der Waals surface area (Å²) in [5.41, 5.74) is -5.23. The highest BCUT2D eigenvalue weighted by Gasteiger charge is 2.75. The van der Waals surface area contributed by atoms with E-state index in [4.69, 9.17) is 0 Å². The fraction of sp³-hybridized carbons (Fsp3) is 0.333. The van der Waals surface area contributed by atoms with Gasteiger partial charge in [-0.15, -0.1) is 0 Å². The molecule has 6 heteroatoms. The predicted octanol–water partition coefficient (Wildman–Crippen LogP) is 3.41. The van der Waals surface area contributed by atoms with Gasteiger partial charge in [0, 0.05) is 0 Å². The molecular formula is C9H4F6. The Kier molecular flexibility index (Phi) is 1.71. The van der Waals surface area contributed by atoms with Crippen LogP contribution in [0.4, 0.5) is 26.3 Å². The van der Waals surface area contributed by atoms with Crippen LogP contribution in [-0.4, -0.2) is 12.4 Å². The topological polar surface area (TPSA) is 0 Å². The van der Waals surface area contributed by atoms with Crippen molar-refractivity contribution in [1.82, 2.24) is 0 Å². The van der Waals surface area contributed by atoms with Gasteiger partial charge in [0.15, 0.2) is 0 Å². The molecule has 2 bridgehead atoms. The first-order valence-electron chi connectivity index (χ1n) is 3.96. The first-order valence-corrected chi connectivity index (χ1v) is 3.96. The minimum atomic E-state index is -5.34. The van der Waals surface area contributed by atoms with Crippen molar-refractivity contribution >= 4 is 0 Å². The molecular weight excluding hydrogens is 222 g/mol. The third kappa shape index (κ3) is 0.992. The first kappa shape index (κ1) is 10.3. The molecule has 0 fully saturated rings. The van der Waals surface area contributed by atoms with E-state index in [2.05, 4.69) is 0 Å². The molecule has 0 spiro atoms. The highest BCUT2D eigenvalue weighted by molar-refractivity contribution is 5.54. The Balaban J connectivity index is 2.64. The van der Waals surface area contributed by atoms with Crippen molar-refractivity contribution in [3.8, 4) is 0 Å². The SMILES string of the molecule is FC(F)(F)C1(C(F)(F)F)c2cccc1c2. The average molecular weight is 226 g/mol. The van der Waals surface area contributed by atoms with Crippen LogP contribution in [0.25, 0.3) is 0 Å². The summed E-state index contributed by atoms with van der Waals surface area (Å²) in [6.07, 6.45) is -10.7. The third-order valence-corrected chi connectivity index (χ3v) is 2.58. The molecule has 0 atom stereocenters. The number of alkyl halides is 6. The van der Waals surface area contributed by atoms with Crippen molar-refractivity contribution < 1.29 is 26.3 Å². The maximum atomic E-state index is 12.5. The summed E-state index contributed by atoms with van der Waals surface area (Å²) in [5.74, 6) is 0. The van der Waals surface area contributed by atoms with E-state index < -0.39 is 28.9 Å². The molecule has 1 aromatic carbocycles. The second-order valence-electron chi connectivity index (χ2n) is 3.33. The summed E-state index contributed by atoms with van der Waals surface area (Å²) >= 11 is 0. The summed E-state index contributed by atoms with van der Waals surface area (Å²) < 4.78 is 75.2. The molecule has 0 aliphatic heterocycles. The van der Waals surface area contributed by atoms with Gasteiger partial charge < -0.3 is 0 Å². The molecule has 0 saturated carbocycles. The van der Waals surface area contributed by atoms with Crippen LogP contribution < -0.4 is 0 Å². The number of fused-ring (bicyclic) bond motifs is 2. The van der Waals surface area contributed by atoms with Crippen LogP contribution in [0.3, 0.4) is 0 Å². The van der Waals surface area contributed by atoms with Crippen LogP contribution in [0.1, 0.15) is 11.1 Å². The molecule has 0 N–H and O–H groups in total. The Hall–Kier alpha value is -1.20. The monoisotopic (exact) mass is 226 g/mol. The lowest BCUT2D eigenvalue weighted by molar-refractivity contribution is -0.292. The molecule has 0 radical (unpaired) electrons. The zero-order chi connectivity index (χ0) is 11.5. The van der Waals surface area contributed by atoms with Crippen molar-refractivity contribution in [1.29, 1.82) is 0 Å². The van der Waals surface area contributed by atoms with Gasteiger partial charge in [0.1, 0.15) is 0 Å². The molecule has 2 aliphatic rings. The van der Waals surface area contributed by atoms with Crippen molar-refractivity contribution in [2.45, 2.75) is 17.8 Å². The van der Waals surface area contributed by atoms with Gasteiger partial charge in [-0.2, -0.15) is 26.3 Å². The molecule has 0 nitrogen and oxygen atoms in total. The predicted molar refractivity (Wildman–Crippen MR) is 39.3 cm³/mol. The quantitative estimate of drug-likeness (QED) is 0.594. The van der Waals surface area contributed by atoms with Crippen molar-refractivity contribution in [3.05, 3.63) is 35.4 Å². The molecule has 3 rings (SSSR count). The number of benzene rings is 1. The maximum absolute atomic E-state index is 12.5. The third-order valence-electron chi connectivity index (χ3n) is 2.58. The van der Waals surface area contributed by atoms with E-state index in [9.17, 15) is 26.3 Å². The zero-order valence-corrected chi connectivity index (χ0v) is 7.08. The fourth-order valence-corrected chi connectivity index (χ4v) is 1.89. The Morgan fingerprint density at radius 3 is 1.40 bits per heavy atom. The van der Waals surface area contributed by atoms with Crippen LogP contribution in [0.2, 0.25) is 0 Å². The smallest absolute Gasteiger partial charge is 0.169 e. The molecule has 0 saturated heterocycles. The Morgan fingerprint density at radius 2 is 1.20 bits per heavy atom. The van der Waals surface area contributed by atoms with Crippen LogP contribution in [0.5, 0.6) is 0 Å². The molecule has 0 unspecified atom stereocenters. The maximum Gasteiger partial charge on any atom is 0.411 e. The fourth-order valence-electron chi connectivity index (χ4n) is 1.89. The summed E-state index contributed by atoms with van der Waals surface area (Å²) in [6, 6.07) is 3.77. The second kappa shape index (κ2) is 2.48. The standard InChI is InChI=1S/C9H4F6/c10-8(11,12)7(9(13,14)15)5-2-1-3-6(7)4-5/h1-4H. The minimum absolute atomic E-state index is 0.736. The minimum Gasteiger partial charge on any atom is -0.169 e. The Labute approximate surface area is 80.5 Å². The van der Waals surface area contributed by atoms with E-state index in [1.54, 1.807) is 0 Å². The molecule has 2 aliphatic carbocycles. The highest BCUT2D eigenvalue weighted by Crippen LogP contribution is 2.60. The first-order chi connectivity index (χ1) is 6.71. The Morgan fingerprint density at radius 1 is 0.800 bits per heavy atom. The molecule has 0 amide bonds. The van der Waals surface area contributed by atoms with Gasteiger partial charge >= 0.3 is 12.4 Å². The largest absolute Gasteiger partial charge is 0.411 e. The van der Waals surface area contributed by atoms with Gasteiger partial charge in [0.25, 0.3) is 0 Å². The van der Waals surface area contributed by atoms with Crippen molar-refractivity contribution in [2.75, 3.05) is 0 Å². The zero-order valence-electron chi connectivity index (χ0n) is 7.08. The van der Waals surface area contributed by atoms with Gasteiger partial charge in [0.05, 0.1) is 0 Å². The van der Waals surface area contributed by atoms with Gasteiger partial charge in [0.2, 0.25) is 5.41 Å². The van der Waals surface area contributed by atoms with Crippen LogP contribution >= 0.6 is 0 Å². The average Bonchev–Trinajstić information content (AvgIpc) is 1.99.